The Labute approximate surface area is 129 Å². The zero-order valence-corrected chi connectivity index (χ0v) is 13.8. The lowest BCUT2D eigenvalue weighted by atomic mass is 9.70. The third kappa shape index (κ3) is 4.32. The number of carbonyl (C=O) groups excluding carboxylic acids is 1. The van der Waals surface area contributed by atoms with Gasteiger partial charge in [-0.1, -0.05) is 38.3 Å². The second-order valence-electron chi connectivity index (χ2n) is 7.35. The van der Waals surface area contributed by atoms with Crippen molar-refractivity contribution >= 4 is 5.91 Å². The summed E-state index contributed by atoms with van der Waals surface area (Å²) in [6.07, 6.45) is 8.64. The van der Waals surface area contributed by atoms with Crippen LogP contribution in [0, 0.1) is 23.7 Å². The van der Waals surface area contributed by atoms with Crippen molar-refractivity contribution in [2.24, 2.45) is 23.7 Å². The topological polar surface area (TPSA) is 49.3 Å². The summed E-state index contributed by atoms with van der Waals surface area (Å²) in [6.45, 7) is 6.78. The van der Waals surface area contributed by atoms with E-state index in [2.05, 4.69) is 32.2 Å². The van der Waals surface area contributed by atoms with E-state index in [1.165, 1.54) is 18.4 Å². The second-order valence-corrected chi connectivity index (χ2v) is 7.35. The quantitative estimate of drug-likeness (QED) is 0.764. The minimum absolute atomic E-state index is 0.213. The van der Waals surface area contributed by atoms with E-state index in [4.69, 9.17) is 0 Å². The van der Waals surface area contributed by atoms with E-state index in [1.807, 2.05) is 0 Å². The molecule has 1 amide bonds. The lowest BCUT2D eigenvalue weighted by Gasteiger charge is -2.36. The number of rotatable bonds is 5. The van der Waals surface area contributed by atoms with Crippen molar-refractivity contribution in [1.29, 1.82) is 0 Å². The van der Waals surface area contributed by atoms with Crippen LogP contribution in [0.1, 0.15) is 59.3 Å². The van der Waals surface area contributed by atoms with Crippen molar-refractivity contribution < 1.29 is 9.90 Å². The molecule has 0 aromatic rings. The fraction of sp³-hybridized carbons (Fsp3) is 0.833. The normalized spacial score (nSPS) is 30.5. The van der Waals surface area contributed by atoms with Gasteiger partial charge in [0.25, 0.3) is 0 Å². The van der Waals surface area contributed by atoms with E-state index in [1.54, 1.807) is 0 Å². The molecule has 2 aliphatic carbocycles. The zero-order valence-electron chi connectivity index (χ0n) is 13.8. The van der Waals surface area contributed by atoms with Crippen molar-refractivity contribution in [2.45, 2.75) is 65.3 Å². The van der Waals surface area contributed by atoms with Crippen LogP contribution >= 0.6 is 0 Å². The monoisotopic (exact) mass is 293 g/mol. The highest BCUT2D eigenvalue weighted by atomic mass is 16.3. The van der Waals surface area contributed by atoms with Gasteiger partial charge in [0.1, 0.15) is 0 Å². The first-order chi connectivity index (χ1) is 10.0. The standard InChI is InChI=1S/C18H31NO2/c1-12(2)17-9-14(13(3)8-15(17)11-20)10-18(21)19-16-6-4-5-7-16/h8,12,14-17,20H,4-7,9-11H2,1-3H3,(H,19,21)/t14-,15-,17-/m0/s1. The SMILES string of the molecule is CC1=C[C@@H](CO)[C@H](C(C)C)C[C@H]1CC(=O)NC1CCCC1. The molecule has 3 nitrogen and oxygen atoms in total. The molecule has 0 aromatic heterocycles. The molecule has 0 bridgehead atoms. The Morgan fingerprint density at radius 1 is 1.38 bits per heavy atom. The van der Waals surface area contributed by atoms with Gasteiger partial charge >= 0.3 is 0 Å². The van der Waals surface area contributed by atoms with E-state index in [0.29, 0.717) is 30.2 Å². The highest BCUT2D eigenvalue weighted by Crippen LogP contribution is 2.38. The maximum atomic E-state index is 12.3. The summed E-state index contributed by atoms with van der Waals surface area (Å²) >= 11 is 0. The van der Waals surface area contributed by atoms with Crippen LogP contribution in [-0.2, 0) is 4.79 Å². The Bertz CT molecular complexity index is 383. The van der Waals surface area contributed by atoms with Gasteiger partial charge in [0.2, 0.25) is 5.91 Å². The van der Waals surface area contributed by atoms with Crippen LogP contribution in [0.3, 0.4) is 0 Å². The minimum atomic E-state index is 0.213. The highest BCUT2D eigenvalue weighted by molar-refractivity contribution is 5.77. The number of carbonyl (C=O) groups is 1. The average molecular weight is 293 g/mol. The van der Waals surface area contributed by atoms with Gasteiger partial charge in [-0.25, -0.2) is 0 Å². The molecule has 120 valence electrons. The summed E-state index contributed by atoms with van der Waals surface area (Å²) in [4.78, 5) is 12.3. The molecule has 2 rings (SSSR count). The summed E-state index contributed by atoms with van der Waals surface area (Å²) in [5.74, 6) is 1.86. The smallest absolute Gasteiger partial charge is 0.220 e. The summed E-state index contributed by atoms with van der Waals surface area (Å²) in [6, 6.07) is 0.413. The molecule has 3 atom stereocenters. The summed E-state index contributed by atoms with van der Waals surface area (Å²) < 4.78 is 0. The van der Waals surface area contributed by atoms with Crippen LogP contribution in [-0.4, -0.2) is 23.7 Å². The summed E-state index contributed by atoms with van der Waals surface area (Å²) in [5, 5.41) is 12.8. The molecule has 0 heterocycles. The Morgan fingerprint density at radius 2 is 2.05 bits per heavy atom. The van der Waals surface area contributed by atoms with Crippen molar-refractivity contribution in [2.75, 3.05) is 6.61 Å². The maximum Gasteiger partial charge on any atom is 0.220 e. The molecule has 3 heteroatoms. The van der Waals surface area contributed by atoms with Gasteiger partial charge in [0.15, 0.2) is 0 Å². The predicted molar refractivity (Wildman–Crippen MR) is 85.8 cm³/mol. The number of allylic oxidation sites excluding steroid dienone is 1. The van der Waals surface area contributed by atoms with E-state index >= 15 is 0 Å². The van der Waals surface area contributed by atoms with Gasteiger partial charge in [-0.05, 0) is 43.9 Å². The number of amides is 1. The fourth-order valence-electron chi connectivity index (χ4n) is 4.07. The molecule has 0 saturated heterocycles. The number of hydrogen-bond acceptors (Lipinski definition) is 2. The van der Waals surface area contributed by atoms with Crippen LogP contribution < -0.4 is 5.32 Å². The minimum Gasteiger partial charge on any atom is -0.396 e. The van der Waals surface area contributed by atoms with Crippen molar-refractivity contribution in [1.82, 2.24) is 5.32 Å². The van der Waals surface area contributed by atoms with E-state index in [-0.39, 0.29) is 18.4 Å². The Balaban J connectivity index is 1.93. The molecule has 0 aliphatic heterocycles. The predicted octanol–water partition coefficient (Wildman–Crippen LogP) is 3.28. The number of nitrogens with one attached hydrogen (secondary N) is 1. The van der Waals surface area contributed by atoms with Crippen LogP contribution in [0.5, 0.6) is 0 Å². The molecule has 2 N–H and O–H groups in total. The van der Waals surface area contributed by atoms with Crippen molar-refractivity contribution in [3.63, 3.8) is 0 Å². The Kier molecular flexibility index (Phi) is 5.86. The molecule has 21 heavy (non-hydrogen) atoms. The van der Waals surface area contributed by atoms with E-state index < -0.39 is 0 Å². The summed E-state index contributed by atoms with van der Waals surface area (Å²) in [5.41, 5.74) is 1.28. The van der Waals surface area contributed by atoms with Gasteiger partial charge in [0, 0.05) is 25.0 Å². The van der Waals surface area contributed by atoms with E-state index in [9.17, 15) is 9.90 Å². The van der Waals surface area contributed by atoms with Crippen LogP contribution in [0.25, 0.3) is 0 Å². The van der Waals surface area contributed by atoms with E-state index in [0.717, 1.165) is 19.3 Å². The lowest BCUT2D eigenvalue weighted by molar-refractivity contribution is -0.122. The highest BCUT2D eigenvalue weighted by Gasteiger charge is 2.32. The summed E-state index contributed by atoms with van der Waals surface area (Å²) in [7, 11) is 0. The van der Waals surface area contributed by atoms with Crippen LogP contribution in [0.4, 0.5) is 0 Å². The molecular formula is C18H31NO2. The average Bonchev–Trinajstić information content (AvgIpc) is 2.93. The second kappa shape index (κ2) is 7.44. The zero-order chi connectivity index (χ0) is 15.4. The van der Waals surface area contributed by atoms with Gasteiger partial charge in [-0.3, -0.25) is 4.79 Å². The lowest BCUT2D eigenvalue weighted by Crippen LogP contribution is -2.36. The number of aliphatic hydroxyl groups excluding tert-OH is 1. The molecule has 2 aliphatic rings. The van der Waals surface area contributed by atoms with Crippen molar-refractivity contribution in [3.05, 3.63) is 11.6 Å². The van der Waals surface area contributed by atoms with Gasteiger partial charge in [0.05, 0.1) is 0 Å². The third-order valence-electron chi connectivity index (χ3n) is 5.45. The number of hydrogen-bond donors (Lipinski definition) is 2. The van der Waals surface area contributed by atoms with Crippen molar-refractivity contribution in [3.8, 4) is 0 Å². The first-order valence-electron chi connectivity index (χ1n) is 8.59. The Hall–Kier alpha value is -0.830. The molecule has 0 radical (unpaired) electrons. The third-order valence-corrected chi connectivity index (χ3v) is 5.45. The Morgan fingerprint density at radius 3 is 2.62 bits per heavy atom. The number of aliphatic hydroxyl groups is 1. The molecular weight excluding hydrogens is 262 g/mol. The van der Waals surface area contributed by atoms with Crippen LogP contribution in [0.15, 0.2) is 11.6 Å². The first-order valence-corrected chi connectivity index (χ1v) is 8.59. The first kappa shape index (κ1) is 16.5. The van der Waals surface area contributed by atoms with Gasteiger partial charge in [-0.15, -0.1) is 0 Å². The molecule has 0 unspecified atom stereocenters. The molecule has 0 spiro atoms. The molecule has 1 saturated carbocycles. The molecule has 0 aromatic carbocycles. The largest absolute Gasteiger partial charge is 0.396 e. The van der Waals surface area contributed by atoms with Gasteiger partial charge < -0.3 is 10.4 Å². The van der Waals surface area contributed by atoms with Crippen LogP contribution in [0.2, 0.25) is 0 Å². The fourth-order valence-corrected chi connectivity index (χ4v) is 4.07. The van der Waals surface area contributed by atoms with Gasteiger partial charge in [-0.2, -0.15) is 0 Å². The molecule has 1 fully saturated rings. The maximum absolute atomic E-state index is 12.3.